The number of unbranched alkanes of at least 4 members (excludes halogenated alkanes) is 23. The first-order chi connectivity index (χ1) is 26.0. The van der Waals surface area contributed by atoms with Crippen LogP contribution in [0, 0.1) is 0 Å². The molecule has 0 aromatic heterocycles. The van der Waals surface area contributed by atoms with Gasteiger partial charge in [-0.05, 0) is 57.8 Å². The van der Waals surface area contributed by atoms with E-state index in [1.54, 1.807) is 6.08 Å². The minimum atomic E-state index is -4.34. The summed E-state index contributed by atoms with van der Waals surface area (Å²) in [5.41, 5.74) is 0. The average Bonchev–Trinajstić information content (AvgIpc) is 3.12. The highest BCUT2D eigenvalue weighted by Crippen LogP contribution is 2.43. The predicted molar refractivity (Wildman–Crippen MR) is 231 cm³/mol. The van der Waals surface area contributed by atoms with Gasteiger partial charge in [0.05, 0.1) is 39.9 Å². The molecule has 0 aliphatic carbocycles. The van der Waals surface area contributed by atoms with Gasteiger partial charge in [0.2, 0.25) is 5.91 Å². The third-order valence-electron chi connectivity index (χ3n) is 9.83. The monoisotopic (exact) mass is 784 g/mol. The molecule has 0 radical (unpaired) electrons. The number of aliphatic hydroxyl groups is 1. The summed E-state index contributed by atoms with van der Waals surface area (Å²) in [5, 5.41) is 13.8. The molecule has 8 nitrogen and oxygen atoms in total. The van der Waals surface area contributed by atoms with Gasteiger partial charge in [-0.1, -0.05) is 166 Å². The van der Waals surface area contributed by atoms with Crippen molar-refractivity contribution in [3.05, 3.63) is 36.5 Å². The van der Waals surface area contributed by atoms with Crippen LogP contribution in [0.3, 0.4) is 0 Å². The highest BCUT2D eigenvalue weighted by atomic mass is 31.2. The van der Waals surface area contributed by atoms with Gasteiger partial charge in [-0.15, -0.1) is 0 Å². The number of aliphatic hydroxyl groups excluding tert-OH is 1. The van der Waals surface area contributed by atoms with Crippen molar-refractivity contribution >= 4 is 13.7 Å². The van der Waals surface area contributed by atoms with E-state index in [4.69, 9.17) is 9.05 Å². The molecular weight excluding hydrogens is 695 g/mol. The molecule has 0 saturated heterocycles. The van der Waals surface area contributed by atoms with E-state index < -0.39 is 20.0 Å². The van der Waals surface area contributed by atoms with E-state index >= 15 is 0 Å². The number of allylic oxidation sites excluding steroid dienone is 5. The summed E-state index contributed by atoms with van der Waals surface area (Å²) in [6, 6.07) is -0.865. The van der Waals surface area contributed by atoms with Gasteiger partial charge in [0.1, 0.15) is 13.2 Å². The van der Waals surface area contributed by atoms with Crippen LogP contribution in [0.1, 0.15) is 194 Å². The molecule has 0 aromatic rings. The van der Waals surface area contributed by atoms with E-state index in [2.05, 4.69) is 43.5 Å². The average molecular weight is 784 g/mol. The van der Waals surface area contributed by atoms with Crippen LogP contribution in [0.2, 0.25) is 0 Å². The lowest BCUT2D eigenvalue weighted by Crippen LogP contribution is -2.45. The first-order valence-corrected chi connectivity index (χ1v) is 23.9. The molecule has 1 amide bonds. The number of phosphoric ester groups is 1. The fourth-order valence-corrected chi connectivity index (χ4v) is 6.96. The van der Waals surface area contributed by atoms with Gasteiger partial charge >= 0.3 is 7.82 Å². The van der Waals surface area contributed by atoms with Crippen molar-refractivity contribution < 1.29 is 32.9 Å². The zero-order valence-corrected chi connectivity index (χ0v) is 36.9. The Morgan fingerprint density at radius 2 is 1.02 bits per heavy atom. The standard InChI is InChI=1S/C45H87N2O6P/c1-6-8-10-12-14-16-18-20-21-22-23-24-25-26-27-28-30-32-34-36-38-44(48)43(42-53-54(50,51)52-41-40-47(3,4)5)46-45(49)39-37-35-33-31-29-19-17-15-13-11-9-7-2/h15,17,28,30,36,38,43-44,48H,6-14,16,18-27,29,31-35,37,39-42H2,1-5H3,(H-,46,49,50,51)/p+1/b17-15-,30-28+,38-36+. The lowest BCUT2D eigenvalue weighted by atomic mass is 10.0. The zero-order valence-electron chi connectivity index (χ0n) is 36.0. The fourth-order valence-electron chi connectivity index (χ4n) is 6.23. The molecule has 3 N–H and O–H groups in total. The fraction of sp³-hybridized carbons (Fsp3) is 0.844. The highest BCUT2D eigenvalue weighted by Gasteiger charge is 2.27. The Labute approximate surface area is 334 Å². The van der Waals surface area contributed by atoms with Gasteiger partial charge < -0.3 is 19.8 Å². The number of rotatable bonds is 40. The summed E-state index contributed by atoms with van der Waals surface area (Å²) < 4.78 is 23.5. The Morgan fingerprint density at radius 1 is 0.611 bits per heavy atom. The minimum absolute atomic E-state index is 0.0545. The van der Waals surface area contributed by atoms with Crippen LogP contribution >= 0.6 is 7.82 Å². The van der Waals surface area contributed by atoms with E-state index in [0.29, 0.717) is 17.4 Å². The number of hydrogen-bond acceptors (Lipinski definition) is 5. The molecular formula is C45H88N2O6P+. The van der Waals surface area contributed by atoms with Gasteiger partial charge in [-0.25, -0.2) is 4.57 Å². The molecule has 0 fully saturated rings. The second kappa shape index (κ2) is 37.3. The largest absolute Gasteiger partial charge is 0.472 e. The second-order valence-electron chi connectivity index (χ2n) is 16.4. The third kappa shape index (κ3) is 39.0. The quantitative estimate of drug-likeness (QED) is 0.0247. The smallest absolute Gasteiger partial charge is 0.387 e. The van der Waals surface area contributed by atoms with Crippen molar-refractivity contribution in [3.63, 3.8) is 0 Å². The minimum Gasteiger partial charge on any atom is -0.387 e. The highest BCUT2D eigenvalue weighted by molar-refractivity contribution is 7.47. The van der Waals surface area contributed by atoms with E-state index in [-0.39, 0.29) is 19.1 Å². The number of nitrogens with zero attached hydrogens (tertiary/aromatic N) is 1. The van der Waals surface area contributed by atoms with Crippen molar-refractivity contribution in [3.8, 4) is 0 Å². The number of likely N-dealkylation sites (N-methyl/N-ethyl adjacent to an activating group) is 1. The molecule has 0 heterocycles. The molecule has 3 unspecified atom stereocenters. The molecule has 0 aliphatic rings. The SMILES string of the molecule is CCCCC/C=C\CCCCCCCC(=O)NC(COP(=O)(O)OCC[N+](C)(C)C)C(O)/C=C/CC/C=C/CCCCCCCCCCCCCCCC. The Balaban J connectivity index is 4.45. The zero-order chi connectivity index (χ0) is 40.0. The lowest BCUT2D eigenvalue weighted by molar-refractivity contribution is -0.870. The molecule has 54 heavy (non-hydrogen) atoms. The number of carbonyl (C=O) groups is 1. The number of carbonyl (C=O) groups excluding carboxylic acids is 1. The Morgan fingerprint density at radius 3 is 1.52 bits per heavy atom. The number of quaternary nitrogens is 1. The van der Waals surface area contributed by atoms with Gasteiger partial charge in [0, 0.05) is 6.42 Å². The summed E-state index contributed by atoms with van der Waals surface area (Å²) in [6.07, 6.45) is 45.1. The molecule has 0 aliphatic heterocycles. The lowest BCUT2D eigenvalue weighted by Gasteiger charge is -2.25. The van der Waals surface area contributed by atoms with Crippen molar-refractivity contribution in [2.75, 3.05) is 40.9 Å². The maximum absolute atomic E-state index is 12.8. The van der Waals surface area contributed by atoms with Crippen LogP contribution in [-0.4, -0.2) is 73.4 Å². The second-order valence-corrected chi connectivity index (χ2v) is 17.9. The number of hydrogen-bond donors (Lipinski definition) is 3. The molecule has 0 rings (SSSR count). The molecule has 9 heteroatoms. The topological polar surface area (TPSA) is 105 Å². The molecule has 0 bridgehead atoms. The molecule has 3 atom stereocenters. The van der Waals surface area contributed by atoms with Gasteiger partial charge in [-0.2, -0.15) is 0 Å². The first kappa shape index (κ1) is 52.7. The number of amides is 1. The summed E-state index contributed by atoms with van der Waals surface area (Å²) in [6.45, 7) is 4.76. The van der Waals surface area contributed by atoms with Gasteiger partial charge in [0.15, 0.2) is 0 Å². The van der Waals surface area contributed by atoms with E-state index in [1.165, 1.54) is 122 Å². The van der Waals surface area contributed by atoms with Crippen LogP contribution in [-0.2, 0) is 18.4 Å². The van der Waals surface area contributed by atoms with Crippen molar-refractivity contribution in [1.82, 2.24) is 5.32 Å². The number of nitrogens with one attached hydrogen (secondary N) is 1. The molecule has 0 aromatic carbocycles. The normalized spacial score (nSPS) is 14.7. The van der Waals surface area contributed by atoms with Crippen LogP contribution in [0.25, 0.3) is 0 Å². The summed E-state index contributed by atoms with van der Waals surface area (Å²) in [7, 11) is 1.55. The summed E-state index contributed by atoms with van der Waals surface area (Å²) >= 11 is 0. The van der Waals surface area contributed by atoms with Crippen molar-refractivity contribution in [1.29, 1.82) is 0 Å². The molecule has 0 spiro atoms. The first-order valence-electron chi connectivity index (χ1n) is 22.4. The summed E-state index contributed by atoms with van der Waals surface area (Å²) in [4.78, 5) is 23.1. The van der Waals surface area contributed by atoms with Crippen LogP contribution < -0.4 is 5.32 Å². The summed E-state index contributed by atoms with van der Waals surface area (Å²) in [5.74, 6) is -0.198. The van der Waals surface area contributed by atoms with Gasteiger partial charge in [-0.3, -0.25) is 13.8 Å². The Hall–Kier alpha value is -1.28. The predicted octanol–water partition coefficient (Wildman–Crippen LogP) is 12.3. The third-order valence-corrected chi connectivity index (χ3v) is 10.8. The maximum atomic E-state index is 12.8. The molecule has 0 saturated carbocycles. The van der Waals surface area contributed by atoms with Crippen LogP contribution in [0.15, 0.2) is 36.5 Å². The van der Waals surface area contributed by atoms with E-state index in [1.807, 2.05) is 27.2 Å². The van der Waals surface area contributed by atoms with Crippen LogP contribution in [0.5, 0.6) is 0 Å². The van der Waals surface area contributed by atoms with Crippen molar-refractivity contribution in [2.45, 2.75) is 206 Å². The number of phosphoric acid groups is 1. The van der Waals surface area contributed by atoms with Gasteiger partial charge in [0.25, 0.3) is 0 Å². The van der Waals surface area contributed by atoms with Crippen molar-refractivity contribution in [2.24, 2.45) is 0 Å². The van der Waals surface area contributed by atoms with E-state index in [0.717, 1.165) is 51.4 Å². The van der Waals surface area contributed by atoms with Crippen LogP contribution in [0.4, 0.5) is 0 Å². The Kier molecular flexibility index (Phi) is 36.4. The Bertz CT molecular complexity index is 980. The molecule has 318 valence electrons. The van der Waals surface area contributed by atoms with E-state index in [9.17, 15) is 19.4 Å². The maximum Gasteiger partial charge on any atom is 0.472 e.